The molecule has 1 N–H and O–H groups in total. The van der Waals surface area contributed by atoms with Crippen molar-refractivity contribution < 1.29 is 19.1 Å². The minimum absolute atomic E-state index is 0.209. The standard InChI is InChI=1S/C24H21N3O4S/c1-14-5-7-15(8-6-14)23-25-11-16(32-23)13-31-20-4-2-3-17-18(20)12-27(24(17)30)19-9-10-21(28)26-22(19)29/h2-8,11,19H,9-10,12-13H2,1H3,(H,26,28,29). The molecule has 0 spiro atoms. The van der Waals surface area contributed by atoms with E-state index in [4.69, 9.17) is 4.74 Å². The number of carbonyl (C=O) groups excluding carboxylic acids is 3. The maximum Gasteiger partial charge on any atom is 0.255 e. The first-order valence-corrected chi connectivity index (χ1v) is 11.2. The first-order chi connectivity index (χ1) is 15.5. The molecule has 3 aromatic rings. The molecule has 0 aliphatic carbocycles. The van der Waals surface area contributed by atoms with Gasteiger partial charge in [0.1, 0.15) is 23.4 Å². The van der Waals surface area contributed by atoms with Crippen LogP contribution in [0, 0.1) is 6.92 Å². The van der Waals surface area contributed by atoms with Crippen molar-refractivity contribution in [3.8, 4) is 16.3 Å². The third-order valence-corrected chi connectivity index (χ3v) is 6.78. The molecule has 0 bridgehead atoms. The number of aryl methyl sites for hydroxylation is 1. The van der Waals surface area contributed by atoms with Gasteiger partial charge in [-0.2, -0.15) is 0 Å². The topological polar surface area (TPSA) is 88.6 Å². The predicted octanol–water partition coefficient (Wildman–Crippen LogP) is 3.46. The lowest BCUT2D eigenvalue weighted by Gasteiger charge is -2.29. The summed E-state index contributed by atoms with van der Waals surface area (Å²) in [4.78, 5) is 43.7. The third kappa shape index (κ3) is 3.78. The monoisotopic (exact) mass is 447 g/mol. The Balaban J connectivity index is 1.31. The lowest BCUT2D eigenvalue weighted by atomic mass is 10.0. The zero-order valence-electron chi connectivity index (χ0n) is 17.5. The Morgan fingerprint density at radius 3 is 2.75 bits per heavy atom. The number of fused-ring (bicyclic) bond motifs is 1. The predicted molar refractivity (Wildman–Crippen MR) is 119 cm³/mol. The molecule has 5 rings (SSSR count). The maximum absolute atomic E-state index is 12.9. The number of imide groups is 1. The van der Waals surface area contributed by atoms with Gasteiger partial charge in [0.15, 0.2) is 0 Å². The SMILES string of the molecule is Cc1ccc(-c2ncc(COc3cccc4c3CN(C3CCC(=O)NC3=O)C4=O)s2)cc1. The number of aromatic nitrogens is 1. The molecule has 0 saturated carbocycles. The molecular formula is C24H21N3O4S. The second kappa shape index (κ2) is 8.20. The summed E-state index contributed by atoms with van der Waals surface area (Å²) in [5.41, 5.74) is 3.58. The van der Waals surface area contributed by atoms with Crippen molar-refractivity contribution >= 4 is 29.1 Å². The van der Waals surface area contributed by atoms with Crippen molar-refractivity contribution in [3.63, 3.8) is 0 Å². The number of hydrogen-bond acceptors (Lipinski definition) is 6. The van der Waals surface area contributed by atoms with E-state index < -0.39 is 11.9 Å². The number of carbonyl (C=O) groups is 3. The molecular weight excluding hydrogens is 426 g/mol. The van der Waals surface area contributed by atoms with Crippen LogP contribution in [0.25, 0.3) is 10.6 Å². The first-order valence-electron chi connectivity index (χ1n) is 10.4. The molecule has 0 radical (unpaired) electrons. The number of nitrogens with zero attached hydrogens (tertiary/aromatic N) is 2. The van der Waals surface area contributed by atoms with E-state index in [9.17, 15) is 14.4 Å². The highest BCUT2D eigenvalue weighted by molar-refractivity contribution is 7.15. The number of piperidine rings is 1. The minimum atomic E-state index is -0.640. The maximum atomic E-state index is 12.9. The number of amides is 3. The molecule has 8 heteroatoms. The summed E-state index contributed by atoms with van der Waals surface area (Å²) in [5.74, 6) is -0.303. The highest BCUT2D eigenvalue weighted by Crippen LogP contribution is 2.34. The van der Waals surface area contributed by atoms with Crippen molar-refractivity contribution in [2.24, 2.45) is 0 Å². The first kappa shape index (κ1) is 20.4. The van der Waals surface area contributed by atoms with E-state index in [1.54, 1.807) is 23.5 Å². The number of ether oxygens (including phenoxy) is 1. The molecule has 1 saturated heterocycles. The molecule has 162 valence electrons. The molecule has 3 heterocycles. The van der Waals surface area contributed by atoms with Gasteiger partial charge in [-0.1, -0.05) is 35.9 Å². The summed E-state index contributed by atoms with van der Waals surface area (Å²) in [6, 6.07) is 13.0. The van der Waals surface area contributed by atoms with Gasteiger partial charge in [-0.3, -0.25) is 19.7 Å². The summed E-state index contributed by atoms with van der Waals surface area (Å²) in [5, 5.41) is 3.26. The fraction of sp³-hybridized carbons (Fsp3) is 0.250. The van der Waals surface area contributed by atoms with Gasteiger partial charge in [0, 0.05) is 29.3 Å². The summed E-state index contributed by atoms with van der Waals surface area (Å²) >= 11 is 1.57. The number of rotatable bonds is 5. The van der Waals surface area contributed by atoms with Gasteiger partial charge in [-0.25, -0.2) is 4.98 Å². The van der Waals surface area contributed by atoms with Crippen molar-refractivity contribution in [1.82, 2.24) is 15.2 Å². The van der Waals surface area contributed by atoms with E-state index in [0.29, 0.717) is 24.3 Å². The van der Waals surface area contributed by atoms with E-state index in [2.05, 4.69) is 41.5 Å². The number of benzene rings is 2. The molecule has 7 nitrogen and oxygen atoms in total. The van der Waals surface area contributed by atoms with Crippen molar-refractivity contribution in [2.45, 2.75) is 39.0 Å². The Hall–Kier alpha value is -3.52. The minimum Gasteiger partial charge on any atom is -0.488 e. The molecule has 32 heavy (non-hydrogen) atoms. The zero-order chi connectivity index (χ0) is 22.2. The summed E-state index contributed by atoms with van der Waals surface area (Å²) in [6.07, 6.45) is 2.38. The Labute approximate surface area is 189 Å². The highest BCUT2D eigenvalue weighted by Gasteiger charge is 2.40. The smallest absolute Gasteiger partial charge is 0.255 e. The van der Waals surface area contributed by atoms with E-state index in [1.807, 2.05) is 12.3 Å². The second-order valence-corrected chi connectivity index (χ2v) is 9.08. The van der Waals surface area contributed by atoms with E-state index >= 15 is 0 Å². The normalized spacial score (nSPS) is 18.0. The van der Waals surface area contributed by atoms with Gasteiger partial charge >= 0.3 is 0 Å². The van der Waals surface area contributed by atoms with Crippen LogP contribution in [0.15, 0.2) is 48.7 Å². The highest BCUT2D eigenvalue weighted by atomic mass is 32.1. The summed E-state index contributed by atoms with van der Waals surface area (Å²) < 4.78 is 6.07. The average Bonchev–Trinajstić information content (AvgIpc) is 3.38. The molecule has 1 unspecified atom stereocenters. The molecule has 1 atom stereocenters. The van der Waals surface area contributed by atoms with Crippen molar-refractivity contribution in [3.05, 3.63) is 70.2 Å². The molecule has 2 aromatic carbocycles. The molecule has 1 aromatic heterocycles. The van der Waals surface area contributed by atoms with Crippen molar-refractivity contribution in [1.29, 1.82) is 0 Å². The fourth-order valence-corrected chi connectivity index (χ4v) is 4.88. The average molecular weight is 448 g/mol. The fourth-order valence-electron chi connectivity index (χ4n) is 4.05. The van der Waals surface area contributed by atoms with Crippen LogP contribution in [-0.2, 0) is 22.7 Å². The van der Waals surface area contributed by atoms with Crippen LogP contribution in [0.1, 0.15) is 39.2 Å². The van der Waals surface area contributed by atoms with Gasteiger partial charge in [-0.15, -0.1) is 11.3 Å². The molecule has 2 aliphatic rings. The van der Waals surface area contributed by atoms with Crippen LogP contribution >= 0.6 is 11.3 Å². The molecule has 1 fully saturated rings. The van der Waals surface area contributed by atoms with Gasteiger partial charge in [0.05, 0.1) is 11.4 Å². The lowest BCUT2D eigenvalue weighted by Crippen LogP contribution is -2.52. The Bertz CT molecular complexity index is 1220. The molecule has 3 amide bonds. The largest absolute Gasteiger partial charge is 0.488 e. The van der Waals surface area contributed by atoms with Gasteiger partial charge in [0.2, 0.25) is 11.8 Å². The van der Waals surface area contributed by atoms with Crippen LogP contribution in [0.3, 0.4) is 0 Å². The van der Waals surface area contributed by atoms with E-state index in [1.165, 1.54) is 10.5 Å². The summed E-state index contributed by atoms with van der Waals surface area (Å²) in [7, 11) is 0. The van der Waals surface area contributed by atoms with Crippen LogP contribution in [0.5, 0.6) is 5.75 Å². The summed E-state index contributed by atoms with van der Waals surface area (Å²) in [6.45, 7) is 2.68. The van der Waals surface area contributed by atoms with E-state index in [-0.39, 0.29) is 24.8 Å². The number of nitrogens with one attached hydrogen (secondary N) is 1. The Morgan fingerprint density at radius 1 is 1.16 bits per heavy atom. The van der Waals surface area contributed by atoms with Gasteiger partial charge in [-0.05, 0) is 25.5 Å². The van der Waals surface area contributed by atoms with Crippen LogP contribution in [0.2, 0.25) is 0 Å². The lowest BCUT2D eigenvalue weighted by molar-refractivity contribution is -0.136. The molecule has 2 aliphatic heterocycles. The van der Waals surface area contributed by atoms with E-state index in [0.717, 1.165) is 21.0 Å². The van der Waals surface area contributed by atoms with Crippen LogP contribution in [0.4, 0.5) is 0 Å². The third-order valence-electron chi connectivity index (χ3n) is 5.76. The second-order valence-electron chi connectivity index (χ2n) is 7.97. The van der Waals surface area contributed by atoms with Crippen LogP contribution < -0.4 is 10.1 Å². The van der Waals surface area contributed by atoms with Crippen molar-refractivity contribution in [2.75, 3.05) is 0 Å². The Morgan fingerprint density at radius 2 is 1.97 bits per heavy atom. The number of hydrogen-bond donors (Lipinski definition) is 1. The quantitative estimate of drug-likeness (QED) is 0.605. The van der Waals surface area contributed by atoms with Crippen LogP contribution in [-0.4, -0.2) is 33.6 Å². The Kier molecular flexibility index (Phi) is 5.22. The van der Waals surface area contributed by atoms with Gasteiger partial charge in [0.25, 0.3) is 5.91 Å². The zero-order valence-corrected chi connectivity index (χ0v) is 18.3. The number of thiazole rings is 1. The van der Waals surface area contributed by atoms with Gasteiger partial charge < -0.3 is 9.64 Å².